The Morgan fingerprint density at radius 1 is 0.431 bits per heavy atom. The molecule has 0 amide bonds. The van der Waals surface area contributed by atoms with Crippen LogP contribution >= 0.6 is 0 Å². The average molecular weight is 651 g/mol. The number of benzene rings is 7. The molecule has 0 radical (unpaired) electrons. The van der Waals surface area contributed by atoms with Crippen LogP contribution in [0.15, 0.2) is 162 Å². The van der Waals surface area contributed by atoms with Crippen LogP contribution in [-0.2, 0) is 0 Å². The summed E-state index contributed by atoms with van der Waals surface area (Å²) in [5, 5.41) is 8.28. The van der Waals surface area contributed by atoms with E-state index < -0.39 is 0 Å². The van der Waals surface area contributed by atoms with Crippen molar-refractivity contribution in [3.8, 4) is 28.3 Å². The van der Waals surface area contributed by atoms with E-state index in [0.29, 0.717) is 11.5 Å². The number of furan rings is 1. The van der Waals surface area contributed by atoms with Gasteiger partial charge in [0, 0.05) is 43.3 Å². The van der Waals surface area contributed by atoms with Gasteiger partial charge in [0.25, 0.3) is 0 Å². The number of rotatable bonds is 3. The lowest BCUT2D eigenvalue weighted by Gasteiger charge is -2.10. The Bertz CT molecular complexity index is 3350. The van der Waals surface area contributed by atoms with Crippen molar-refractivity contribution in [2.75, 3.05) is 0 Å². The molecule has 7 aromatic carbocycles. The molecule has 0 aliphatic rings. The summed E-state index contributed by atoms with van der Waals surface area (Å²) >= 11 is 0. The zero-order valence-corrected chi connectivity index (χ0v) is 27.2. The molecule has 5 nitrogen and oxygen atoms in total. The summed E-state index contributed by atoms with van der Waals surface area (Å²) in [5.74, 6) is 0.616. The summed E-state index contributed by atoms with van der Waals surface area (Å²) in [5.41, 5.74) is 12.3. The second-order valence-electron chi connectivity index (χ2n) is 13.4. The Hall–Kier alpha value is -6.98. The molecule has 0 N–H and O–H groups in total. The summed E-state index contributed by atoms with van der Waals surface area (Å²) in [6.07, 6.45) is 0. The fourth-order valence-corrected chi connectivity index (χ4v) is 8.51. The minimum atomic E-state index is 0.616. The SMILES string of the molecule is c1ccc(-c2ccc3c(c2)c2cc4c(c5ccccc5n4-c4nc(-c5ccccc5)c5oc6ccccc6c5n4)c4c5ccccc5n3c24)cc1. The summed E-state index contributed by atoms with van der Waals surface area (Å²) in [4.78, 5) is 10.7. The van der Waals surface area contributed by atoms with Crippen molar-refractivity contribution in [3.05, 3.63) is 158 Å². The first-order valence-electron chi connectivity index (χ1n) is 17.3. The molecular weight excluding hydrogens is 625 g/mol. The smallest absolute Gasteiger partial charge is 0.236 e. The first kappa shape index (κ1) is 26.9. The molecule has 0 fully saturated rings. The normalized spacial score (nSPS) is 12.3. The lowest BCUT2D eigenvalue weighted by Crippen LogP contribution is -2.02. The molecule has 5 aromatic heterocycles. The van der Waals surface area contributed by atoms with Crippen LogP contribution in [0.1, 0.15) is 0 Å². The number of nitrogens with zero attached hydrogens (tertiary/aromatic N) is 4. The van der Waals surface area contributed by atoms with Crippen molar-refractivity contribution in [1.82, 2.24) is 18.9 Å². The van der Waals surface area contributed by atoms with Crippen LogP contribution < -0.4 is 0 Å². The van der Waals surface area contributed by atoms with E-state index in [4.69, 9.17) is 14.4 Å². The molecule has 0 unspecified atom stereocenters. The summed E-state index contributed by atoms with van der Waals surface area (Å²) in [7, 11) is 0. The highest BCUT2D eigenvalue weighted by atomic mass is 16.3. The zero-order chi connectivity index (χ0) is 33.2. The summed E-state index contributed by atoms with van der Waals surface area (Å²) in [6.45, 7) is 0. The quantitative estimate of drug-likeness (QED) is 0.191. The van der Waals surface area contributed by atoms with E-state index in [-0.39, 0.29) is 0 Å². The Balaban J connectivity index is 1.28. The van der Waals surface area contributed by atoms with Crippen molar-refractivity contribution < 1.29 is 4.42 Å². The molecule has 5 heterocycles. The summed E-state index contributed by atoms with van der Waals surface area (Å²) < 4.78 is 11.2. The van der Waals surface area contributed by atoms with E-state index in [0.717, 1.165) is 38.8 Å². The van der Waals surface area contributed by atoms with Gasteiger partial charge in [0.1, 0.15) is 16.8 Å². The van der Waals surface area contributed by atoms with E-state index in [2.05, 4.69) is 130 Å². The first-order chi connectivity index (χ1) is 25.3. The third-order valence-corrected chi connectivity index (χ3v) is 10.7. The molecular formula is C46H26N4O. The van der Waals surface area contributed by atoms with Gasteiger partial charge in [0.05, 0.1) is 27.6 Å². The monoisotopic (exact) mass is 650 g/mol. The molecule has 5 heteroatoms. The van der Waals surface area contributed by atoms with Crippen LogP contribution in [0, 0.1) is 0 Å². The van der Waals surface area contributed by atoms with Crippen molar-refractivity contribution in [2.24, 2.45) is 0 Å². The maximum atomic E-state index is 6.47. The van der Waals surface area contributed by atoms with Gasteiger partial charge in [0.15, 0.2) is 5.58 Å². The predicted octanol–water partition coefficient (Wildman–Crippen LogP) is 12.0. The van der Waals surface area contributed by atoms with E-state index in [1.807, 2.05) is 36.4 Å². The average Bonchev–Trinajstić information content (AvgIpc) is 3.93. The highest BCUT2D eigenvalue weighted by Crippen LogP contribution is 2.47. The third-order valence-electron chi connectivity index (χ3n) is 10.7. The first-order valence-corrected chi connectivity index (χ1v) is 17.3. The largest absolute Gasteiger partial charge is 0.452 e. The lowest BCUT2D eigenvalue weighted by atomic mass is 10.00. The van der Waals surface area contributed by atoms with Crippen LogP contribution in [0.2, 0.25) is 0 Å². The molecule has 236 valence electrons. The highest BCUT2D eigenvalue weighted by molar-refractivity contribution is 6.35. The van der Waals surface area contributed by atoms with Gasteiger partial charge in [-0.15, -0.1) is 0 Å². The molecule has 0 bridgehead atoms. The van der Waals surface area contributed by atoms with Gasteiger partial charge in [0.2, 0.25) is 5.95 Å². The minimum Gasteiger partial charge on any atom is -0.452 e. The molecule has 0 saturated heterocycles. The van der Waals surface area contributed by atoms with Gasteiger partial charge in [-0.05, 0) is 53.6 Å². The van der Waals surface area contributed by atoms with Crippen LogP contribution in [0.5, 0.6) is 0 Å². The third kappa shape index (κ3) is 3.54. The van der Waals surface area contributed by atoms with Crippen molar-refractivity contribution in [3.63, 3.8) is 0 Å². The van der Waals surface area contributed by atoms with Gasteiger partial charge in [-0.1, -0.05) is 115 Å². The fraction of sp³-hybridized carbons (Fsp3) is 0. The van der Waals surface area contributed by atoms with Crippen LogP contribution in [0.25, 0.3) is 110 Å². The lowest BCUT2D eigenvalue weighted by molar-refractivity contribution is 0.666. The standard InChI is InChI=1S/C46H26N4O/c1-3-13-27(14-4-1)29-23-24-37-33(25-29)34-26-38-40(41-31-18-8-10-20-35(31)49(37)44(34)41)30-17-7-11-21-36(30)50(38)46-47-42(28-15-5-2-6-16-28)45-43(48-46)32-19-9-12-22-39(32)51-45/h1-26H. The maximum absolute atomic E-state index is 6.47. The van der Waals surface area contributed by atoms with Crippen molar-refractivity contribution >= 4 is 82.0 Å². The molecule has 0 spiro atoms. The Morgan fingerprint density at radius 3 is 1.88 bits per heavy atom. The number of para-hydroxylation sites is 3. The van der Waals surface area contributed by atoms with Gasteiger partial charge in [-0.3, -0.25) is 4.57 Å². The van der Waals surface area contributed by atoms with Crippen molar-refractivity contribution in [1.29, 1.82) is 0 Å². The van der Waals surface area contributed by atoms with Crippen LogP contribution in [-0.4, -0.2) is 18.9 Å². The molecule has 0 saturated carbocycles. The summed E-state index contributed by atoms with van der Waals surface area (Å²) in [6, 6.07) is 55.8. The second kappa shape index (κ2) is 9.80. The number of hydrogen-bond donors (Lipinski definition) is 0. The molecule has 51 heavy (non-hydrogen) atoms. The van der Waals surface area contributed by atoms with Crippen LogP contribution in [0.4, 0.5) is 0 Å². The molecule has 12 aromatic rings. The molecule has 0 aliphatic heterocycles. The highest BCUT2D eigenvalue weighted by Gasteiger charge is 2.26. The Labute approximate surface area is 290 Å². The van der Waals surface area contributed by atoms with Gasteiger partial charge in [-0.25, -0.2) is 9.97 Å². The van der Waals surface area contributed by atoms with Gasteiger partial charge < -0.3 is 8.82 Å². The Kier molecular flexibility index (Phi) is 5.17. The van der Waals surface area contributed by atoms with Crippen molar-refractivity contribution in [2.45, 2.75) is 0 Å². The molecule has 0 atom stereocenters. The van der Waals surface area contributed by atoms with E-state index >= 15 is 0 Å². The topological polar surface area (TPSA) is 48.3 Å². The van der Waals surface area contributed by atoms with E-state index in [9.17, 15) is 0 Å². The van der Waals surface area contributed by atoms with Gasteiger partial charge in [-0.2, -0.15) is 0 Å². The second-order valence-corrected chi connectivity index (χ2v) is 13.4. The number of hydrogen-bond acceptors (Lipinski definition) is 3. The Morgan fingerprint density at radius 2 is 1.08 bits per heavy atom. The maximum Gasteiger partial charge on any atom is 0.236 e. The number of aromatic nitrogens is 4. The van der Waals surface area contributed by atoms with Gasteiger partial charge >= 0.3 is 0 Å². The molecule has 0 aliphatic carbocycles. The van der Waals surface area contributed by atoms with E-state index in [1.54, 1.807) is 0 Å². The minimum absolute atomic E-state index is 0.616. The predicted molar refractivity (Wildman–Crippen MR) is 209 cm³/mol. The molecule has 12 rings (SSSR count). The zero-order valence-electron chi connectivity index (χ0n) is 27.2. The van der Waals surface area contributed by atoms with Crippen LogP contribution in [0.3, 0.4) is 0 Å². The number of fused-ring (bicyclic) bond motifs is 13. The fourth-order valence-electron chi connectivity index (χ4n) is 8.51. The van der Waals surface area contributed by atoms with E-state index in [1.165, 1.54) is 60.0 Å².